The molecule has 0 aliphatic heterocycles. The summed E-state index contributed by atoms with van der Waals surface area (Å²) in [7, 11) is 0. The molecule has 6 heteroatoms. The SMILES string of the molecule is O=C(Cl)C(O)=C(C(=O)C(=O)c1ccc(O)cc1)c1ccccc1. The highest BCUT2D eigenvalue weighted by molar-refractivity contribution is 6.70. The average Bonchev–Trinajstić information content (AvgIpc) is 2.55. The number of carbonyl (C=O) groups is 3. The number of hydrogen-bond acceptors (Lipinski definition) is 5. The van der Waals surface area contributed by atoms with Crippen LogP contribution in [0, 0.1) is 0 Å². The molecule has 2 rings (SSSR count). The topological polar surface area (TPSA) is 91.7 Å². The van der Waals surface area contributed by atoms with Gasteiger partial charge in [0.15, 0.2) is 5.76 Å². The standard InChI is InChI=1S/C17H11ClO5/c18-17(23)16(22)13(10-4-2-1-3-5-10)15(21)14(20)11-6-8-12(19)9-7-11/h1-9,19,22H. The van der Waals surface area contributed by atoms with Crippen LogP contribution in [0.4, 0.5) is 0 Å². The van der Waals surface area contributed by atoms with Gasteiger partial charge in [-0.05, 0) is 41.4 Å². The summed E-state index contributed by atoms with van der Waals surface area (Å²) in [6.45, 7) is 0. The Morgan fingerprint density at radius 2 is 1.39 bits per heavy atom. The molecule has 5 nitrogen and oxygen atoms in total. The summed E-state index contributed by atoms with van der Waals surface area (Å²) < 4.78 is 0. The number of allylic oxidation sites excluding steroid dienone is 2. The number of ketones is 2. The molecule has 0 fully saturated rings. The van der Waals surface area contributed by atoms with Crippen LogP contribution in [-0.2, 0) is 9.59 Å². The van der Waals surface area contributed by atoms with E-state index < -0.39 is 28.1 Å². The molecule has 116 valence electrons. The van der Waals surface area contributed by atoms with Crippen molar-refractivity contribution in [2.45, 2.75) is 0 Å². The molecular weight excluding hydrogens is 320 g/mol. The molecule has 0 amide bonds. The highest BCUT2D eigenvalue weighted by atomic mass is 35.5. The van der Waals surface area contributed by atoms with E-state index in [1.165, 1.54) is 36.4 Å². The summed E-state index contributed by atoms with van der Waals surface area (Å²) in [4.78, 5) is 35.9. The maximum Gasteiger partial charge on any atom is 0.287 e. The van der Waals surface area contributed by atoms with E-state index in [4.69, 9.17) is 11.6 Å². The minimum Gasteiger partial charge on any atom is -0.508 e. The monoisotopic (exact) mass is 330 g/mol. The average molecular weight is 331 g/mol. The molecule has 2 aromatic rings. The second-order valence-electron chi connectivity index (χ2n) is 4.57. The largest absolute Gasteiger partial charge is 0.508 e. The third-order valence-corrected chi connectivity index (χ3v) is 3.23. The Labute approximate surface area is 136 Å². The molecule has 2 aromatic carbocycles. The Balaban J connectivity index is 2.50. The van der Waals surface area contributed by atoms with E-state index in [0.717, 1.165) is 0 Å². The first-order valence-corrected chi connectivity index (χ1v) is 6.86. The lowest BCUT2D eigenvalue weighted by Gasteiger charge is -2.08. The number of phenolic OH excluding ortho intramolecular Hbond substituents is 1. The number of aliphatic hydroxyl groups is 1. The van der Waals surface area contributed by atoms with Crippen LogP contribution in [-0.4, -0.2) is 27.0 Å². The fraction of sp³-hybridized carbons (Fsp3) is 0. The fourth-order valence-corrected chi connectivity index (χ4v) is 2.03. The predicted octanol–water partition coefficient (Wildman–Crippen LogP) is 2.88. The third kappa shape index (κ3) is 3.64. The van der Waals surface area contributed by atoms with Gasteiger partial charge in [0.25, 0.3) is 5.24 Å². The zero-order valence-electron chi connectivity index (χ0n) is 11.7. The molecule has 0 aromatic heterocycles. The first-order chi connectivity index (χ1) is 10.9. The van der Waals surface area contributed by atoms with E-state index in [1.54, 1.807) is 18.2 Å². The molecule has 0 spiro atoms. The molecule has 23 heavy (non-hydrogen) atoms. The van der Waals surface area contributed by atoms with Crippen LogP contribution in [0.3, 0.4) is 0 Å². The smallest absolute Gasteiger partial charge is 0.287 e. The molecular formula is C17H11ClO5. The Kier molecular flexibility index (Phi) is 4.93. The minimum atomic E-state index is -1.24. The Hall–Kier alpha value is -2.92. The van der Waals surface area contributed by atoms with Crippen LogP contribution in [0.25, 0.3) is 5.57 Å². The zero-order valence-corrected chi connectivity index (χ0v) is 12.4. The van der Waals surface area contributed by atoms with Crippen molar-refractivity contribution in [2.24, 2.45) is 0 Å². The van der Waals surface area contributed by atoms with E-state index in [9.17, 15) is 24.6 Å². The first-order valence-electron chi connectivity index (χ1n) is 6.48. The second-order valence-corrected chi connectivity index (χ2v) is 4.91. The number of phenols is 1. The van der Waals surface area contributed by atoms with Crippen LogP contribution in [0.15, 0.2) is 60.4 Å². The molecule has 0 bridgehead atoms. The highest BCUT2D eigenvalue weighted by Crippen LogP contribution is 2.22. The van der Waals surface area contributed by atoms with Crippen LogP contribution < -0.4 is 0 Å². The van der Waals surface area contributed by atoms with Crippen LogP contribution >= 0.6 is 11.6 Å². The summed E-state index contributed by atoms with van der Waals surface area (Å²) in [6.07, 6.45) is 0. The van der Waals surface area contributed by atoms with E-state index >= 15 is 0 Å². The first kappa shape index (κ1) is 16.5. The van der Waals surface area contributed by atoms with Crippen molar-refractivity contribution < 1.29 is 24.6 Å². The van der Waals surface area contributed by atoms with Crippen molar-refractivity contribution in [1.82, 2.24) is 0 Å². The van der Waals surface area contributed by atoms with Gasteiger partial charge in [-0.1, -0.05) is 30.3 Å². The van der Waals surface area contributed by atoms with Gasteiger partial charge in [0, 0.05) is 5.56 Å². The zero-order chi connectivity index (χ0) is 17.0. The summed E-state index contributed by atoms with van der Waals surface area (Å²) in [5.41, 5.74) is -0.268. The number of rotatable bonds is 5. The predicted molar refractivity (Wildman–Crippen MR) is 84.3 cm³/mol. The number of halogens is 1. The van der Waals surface area contributed by atoms with E-state index in [2.05, 4.69) is 0 Å². The number of Topliss-reactive ketones (excluding diaryl/α,β-unsaturated/α-hetero) is 2. The molecule has 0 heterocycles. The van der Waals surface area contributed by atoms with Gasteiger partial charge in [0.1, 0.15) is 5.75 Å². The van der Waals surface area contributed by atoms with Gasteiger partial charge in [-0.3, -0.25) is 14.4 Å². The normalized spacial score (nSPS) is 11.5. The maximum absolute atomic E-state index is 12.4. The van der Waals surface area contributed by atoms with Gasteiger partial charge in [0.05, 0.1) is 5.57 Å². The van der Waals surface area contributed by atoms with E-state index in [1.807, 2.05) is 0 Å². The van der Waals surface area contributed by atoms with Gasteiger partial charge in [-0.25, -0.2) is 0 Å². The van der Waals surface area contributed by atoms with E-state index in [0.29, 0.717) is 0 Å². The third-order valence-electron chi connectivity index (χ3n) is 3.05. The summed E-state index contributed by atoms with van der Waals surface area (Å²) in [5, 5.41) is 17.8. The number of hydrogen-bond donors (Lipinski definition) is 2. The van der Waals surface area contributed by atoms with Crippen molar-refractivity contribution >= 4 is 34.0 Å². The van der Waals surface area contributed by atoms with Gasteiger partial charge in [0.2, 0.25) is 11.6 Å². The molecule has 0 unspecified atom stereocenters. The van der Waals surface area contributed by atoms with Gasteiger partial charge >= 0.3 is 0 Å². The molecule has 2 N–H and O–H groups in total. The quantitative estimate of drug-likeness (QED) is 0.289. The van der Waals surface area contributed by atoms with Crippen molar-refractivity contribution in [3.63, 3.8) is 0 Å². The van der Waals surface area contributed by atoms with Gasteiger partial charge in [-0.15, -0.1) is 0 Å². The molecule has 0 saturated heterocycles. The number of benzene rings is 2. The fourth-order valence-electron chi connectivity index (χ4n) is 1.94. The minimum absolute atomic E-state index is 0.0102. The lowest BCUT2D eigenvalue weighted by atomic mass is 9.95. The molecule has 0 atom stereocenters. The number of aliphatic hydroxyl groups excluding tert-OH is 1. The second kappa shape index (κ2) is 6.89. The summed E-state index contributed by atoms with van der Waals surface area (Å²) in [6, 6.07) is 12.8. The van der Waals surface area contributed by atoms with Crippen LogP contribution in [0.5, 0.6) is 5.75 Å². The van der Waals surface area contributed by atoms with Crippen molar-refractivity contribution in [1.29, 1.82) is 0 Å². The van der Waals surface area contributed by atoms with Crippen molar-refractivity contribution in [2.75, 3.05) is 0 Å². The van der Waals surface area contributed by atoms with Crippen molar-refractivity contribution in [3.05, 3.63) is 71.5 Å². The Morgan fingerprint density at radius 3 is 1.91 bits per heavy atom. The molecule has 0 aliphatic carbocycles. The maximum atomic E-state index is 12.4. The Bertz CT molecular complexity index is 791. The highest BCUT2D eigenvalue weighted by Gasteiger charge is 2.27. The number of carbonyl (C=O) groups excluding carboxylic acids is 3. The van der Waals surface area contributed by atoms with Gasteiger partial charge < -0.3 is 10.2 Å². The lowest BCUT2D eigenvalue weighted by Crippen LogP contribution is -2.18. The van der Waals surface area contributed by atoms with Crippen LogP contribution in [0.2, 0.25) is 0 Å². The number of aromatic hydroxyl groups is 1. The van der Waals surface area contributed by atoms with Crippen LogP contribution in [0.1, 0.15) is 15.9 Å². The molecule has 0 aliphatic rings. The summed E-state index contributed by atoms with van der Waals surface area (Å²) in [5.74, 6) is -3.07. The molecule has 0 radical (unpaired) electrons. The lowest BCUT2D eigenvalue weighted by molar-refractivity contribution is -0.112. The summed E-state index contributed by atoms with van der Waals surface area (Å²) >= 11 is 5.25. The Morgan fingerprint density at radius 1 is 0.826 bits per heavy atom. The molecule has 0 saturated carbocycles. The van der Waals surface area contributed by atoms with Crippen molar-refractivity contribution in [3.8, 4) is 5.75 Å². The van der Waals surface area contributed by atoms with E-state index in [-0.39, 0.29) is 16.9 Å². The van der Waals surface area contributed by atoms with Gasteiger partial charge in [-0.2, -0.15) is 0 Å².